The van der Waals surface area contributed by atoms with Crippen LogP contribution < -0.4 is 4.90 Å². The molecule has 6 nitrogen and oxygen atoms in total. The number of carbonyl (C=O) groups excluding carboxylic acids is 1. The Hall–Kier alpha value is -2.58. The van der Waals surface area contributed by atoms with Crippen molar-refractivity contribution in [2.45, 2.75) is 0 Å². The average Bonchev–Trinajstić information content (AvgIpc) is 3.29. The van der Waals surface area contributed by atoms with Crippen molar-refractivity contribution in [3.8, 4) is 10.6 Å². The molecule has 0 saturated carbocycles. The maximum Gasteiger partial charge on any atom is 0.259 e. The van der Waals surface area contributed by atoms with Crippen molar-refractivity contribution in [1.82, 2.24) is 15.2 Å². The largest absolute Gasteiger partial charge is 0.443 e. The fourth-order valence-electron chi connectivity index (χ4n) is 2.33. The SMILES string of the molecule is CN(C(=O)c1ccc2ocnc2c1)c1nnc(-c2ccc(Br)cc2)s1. The van der Waals surface area contributed by atoms with Gasteiger partial charge < -0.3 is 4.42 Å². The quantitative estimate of drug-likeness (QED) is 0.497. The summed E-state index contributed by atoms with van der Waals surface area (Å²) < 4.78 is 6.20. The lowest BCUT2D eigenvalue weighted by Crippen LogP contribution is -2.26. The molecule has 0 aliphatic rings. The van der Waals surface area contributed by atoms with Crippen molar-refractivity contribution < 1.29 is 9.21 Å². The minimum Gasteiger partial charge on any atom is -0.443 e. The lowest BCUT2D eigenvalue weighted by atomic mass is 10.2. The van der Waals surface area contributed by atoms with E-state index in [1.165, 1.54) is 22.6 Å². The van der Waals surface area contributed by atoms with Gasteiger partial charge in [0.2, 0.25) is 5.13 Å². The number of anilines is 1. The van der Waals surface area contributed by atoms with Crippen LogP contribution in [0.2, 0.25) is 0 Å². The third-order valence-corrected chi connectivity index (χ3v) is 5.25. The molecule has 0 spiro atoms. The van der Waals surface area contributed by atoms with Crippen LogP contribution in [0, 0.1) is 0 Å². The van der Waals surface area contributed by atoms with Gasteiger partial charge in [-0.1, -0.05) is 39.4 Å². The Bertz CT molecular complexity index is 1060. The van der Waals surface area contributed by atoms with Crippen molar-refractivity contribution in [2.24, 2.45) is 0 Å². The first kappa shape index (κ1) is 15.9. The van der Waals surface area contributed by atoms with E-state index >= 15 is 0 Å². The number of halogens is 1. The van der Waals surface area contributed by atoms with Crippen LogP contribution in [-0.4, -0.2) is 28.1 Å². The number of fused-ring (bicyclic) bond motifs is 1. The highest BCUT2D eigenvalue weighted by Crippen LogP contribution is 2.29. The summed E-state index contributed by atoms with van der Waals surface area (Å²) in [5.74, 6) is -0.177. The Labute approximate surface area is 155 Å². The Balaban J connectivity index is 1.60. The lowest BCUT2D eigenvalue weighted by molar-refractivity contribution is 0.0993. The Kier molecular flexibility index (Phi) is 4.06. The normalized spacial score (nSPS) is 11.0. The maximum atomic E-state index is 12.7. The smallest absolute Gasteiger partial charge is 0.259 e. The number of rotatable bonds is 3. The number of carbonyl (C=O) groups is 1. The number of hydrogen-bond donors (Lipinski definition) is 0. The summed E-state index contributed by atoms with van der Waals surface area (Å²) >= 11 is 4.77. The van der Waals surface area contributed by atoms with Crippen LogP contribution in [-0.2, 0) is 0 Å². The van der Waals surface area contributed by atoms with Gasteiger partial charge in [0, 0.05) is 22.6 Å². The molecular formula is C17H11BrN4O2S. The van der Waals surface area contributed by atoms with Gasteiger partial charge in [0.15, 0.2) is 12.0 Å². The molecule has 0 unspecified atom stereocenters. The molecule has 124 valence electrons. The van der Waals surface area contributed by atoms with Gasteiger partial charge >= 0.3 is 0 Å². The molecule has 8 heteroatoms. The molecule has 4 aromatic rings. The van der Waals surface area contributed by atoms with Crippen molar-refractivity contribution in [3.63, 3.8) is 0 Å². The van der Waals surface area contributed by atoms with Gasteiger partial charge in [0.05, 0.1) is 0 Å². The molecule has 0 atom stereocenters. The fraction of sp³-hybridized carbons (Fsp3) is 0.0588. The second-order valence-corrected chi connectivity index (χ2v) is 7.17. The third-order valence-electron chi connectivity index (χ3n) is 3.67. The molecule has 1 amide bonds. The van der Waals surface area contributed by atoms with Gasteiger partial charge in [-0.25, -0.2) is 4.98 Å². The Morgan fingerprint density at radius 1 is 1.16 bits per heavy atom. The van der Waals surface area contributed by atoms with E-state index in [4.69, 9.17) is 4.42 Å². The summed E-state index contributed by atoms with van der Waals surface area (Å²) in [4.78, 5) is 18.3. The predicted octanol–water partition coefficient (Wildman–Crippen LogP) is 4.39. The molecule has 0 fully saturated rings. The zero-order valence-corrected chi connectivity index (χ0v) is 15.4. The summed E-state index contributed by atoms with van der Waals surface area (Å²) in [6.07, 6.45) is 1.36. The van der Waals surface area contributed by atoms with Gasteiger partial charge in [-0.3, -0.25) is 9.69 Å². The molecule has 2 heterocycles. The molecule has 0 N–H and O–H groups in total. The summed E-state index contributed by atoms with van der Waals surface area (Å²) in [5.41, 5.74) is 2.76. The summed E-state index contributed by atoms with van der Waals surface area (Å²) in [6.45, 7) is 0. The van der Waals surface area contributed by atoms with Crippen LogP contribution in [0.15, 0.2) is 57.7 Å². The molecule has 0 aliphatic carbocycles. The number of oxazole rings is 1. The molecule has 2 aromatic carbocycles. The van der Waals surface area contributed by atoms with Gasteiger partial charge in [0.1, 0.15) is 10.5 Å². The predicted molar refractivity (Wildman–Crippen MR) is 99.8 cm³/mol. The van der Waals surface area contributed by atoms with Crippen LogP contribution in [0.5, 0.6) is 0 Å². The van der Waals surface area contributed by atoms with Gasteiger partial charge in [-0.2, -0.15) is 0 Å². The minimum absolute atomic E-state index is 0.177. The molecule has 25 heavy (non-hydrogen) atoms. The lowest BCUT2D eigenvalue weighted by Gasteiger charge is -2.12. The maximum absolute atomic E-state index is 12.7. The third kappa shape index (κ3) is 3.06. The van der Waals surface area contributed by atoms with E-state index in [-0.39, 0.29) is 5.91 Å². The average molecular weight is 415 g/mol. The van der Waals surface area contributed by atoms with Gasteiger partial charge in [-0.05, 0) is 30.3 Å². The van der Waals surface area contributed by atoms with Crippen molar-refractivity contribution in [2.75, 3.05) is 11.9 Å². The number of hydrogen-bond acceptors (Lipinski definition) is 6. The van der Waals surface area contributed by atoms with Crippen molar-refractivity contribution in [3.05, 3.63) is 58.9 Å². The molecule has 0 aliphatic heterocycles. The standard InChI is InChI=1S/C17H11BrN4O2S/c1-22(16(23)11-4-7-14-13(8-11)19-9-24-14)17-21-20-15(25-17)10-2-5-12(18)6-3-10/h2-9H,1H3. The highest BCUT2D eigenvalue weighted by Gasteiger charge is 2.19. The summed E-state index contributed by atoms with van der Waals surface area (Å²) in [5, 5.41) is 9.62. The number of nitrogens with zero attached hydrogens (tertiary/aromatic N) is 4. The highest BCUT2D eigenvalue weighted by atomic mass is 79.9. The van der Waals surface area contributed by atoms with E-state index in [1.807, 2.05) is 24.3 Å². The van der Waals surface area contributed by atoms with E-state index < -0.39 is 0 Å². The Morgan fingerprint density at radius 3 is 2.76 bits per heavy atom. The van der Waals surface area contributed by atoms with Crippen LogP contribution in [0.25, 0.3) is 21.7 Å². The molecule has 2 aromatic heterocycles. The zero-order valence-electron chi connectivity index (χ0n) is 13.0. The van der Waals surface area contributed by atoms with Crippen LogP contribution in [0.1, 0.15) is 10.4 Å². The fourth-order valence-corrected chi connectivity index (χ4v) is 3.41. The van der Waals surface area contributed by atoms with Crippen molar-refractivity contribution >= 4 is 49.4 Å². The molecule has 0 bridgehead atoms. The number of benzene rings is 2. The second kappa shape index (κ2) is 6.38. The first-order valence-corrected chi connectivity index (χ1v) is 8.93. The molecule has 4 rings (SSSR count). The van der Waals surface area contributed by atoms with Crippen LogP contribution in [0.4, 0.5) is 5.13 Å². The first-order valence-electron chi connectivity index (χ1n) is 7.32. The number of aromatic nitrogens is 3. The van der Waals surface area contributed by atoms with E-state index in [0.29, 0.717) is 21.8 Å². The number of amides is 1. The molecule has 0 radical (unpaired) electrons. The highest BCUT2D eigenvalue weighted by molar-refractivity contribution is 9.10. The Morgan fingerprint density at radius 2 is 1.96 bits per heavy atom. The van der Waals surface area contributed by atoms with Crippen molar-refractivity contribution in [1.29, 1.82) is 0 Å². The monoisotopic (exact) mass is 414 g/mol. The minimum atomic E-state index is -0.177. The summed E-state index contributed by atoms with van der Waals surface area (Å²) in [6, 6.07) is 12.9. The topological polar surface area (TPSA) is 72.1 Å². The first-order chi connectivity index (χ1) is 12.1. The van der Waals surface area contributed by atoms with E-state index in [0.717, 1.165) is 15.0 Å². The second-order valence-electron chi connectivity index (χ2n) is 5.30. The summed E-state index contributed by atoms with van der Waals surface area (Å²) in [7, 11) is 1.68. The van der Waals surface area contributed by atoms with Gasteiger partial charge in [-0.15, -0.1) is 10.2 Å². The molecule has 0 saturated heterocycles. The zero-order chi connectivity index (χ0) is 17.4. The van der Waals surface area contributed by atoms with E-state index in [9.17, 15) is 4.79 Å². The van der Waals surface area contributed by atoms with Crippen LogP contribution >= 0.6 is 27.3 Å². The van der Waals surface area contributed by atoms with E-state index in [2.05, 4.69) is 31.1 Å². The van der Waals surface area contributed by atoms with E-state index in [1.54, 1.807) is 25.2 Å². The van der Waals surface area contributed by atoms with Crippen LogP contribution in [0.3, 0.4) is 0 Å². The van der Waals surface area contributed by atoms with Gasteiger partial charge in [0.25, 0.3) is 5.91 Å². The molecular weight excluding hydrogens is 404 g/mol.